The van der Waals surface area contributed by atoms with Gasteiger partial charge in [0.15, 0.2) is 0 Å². The number of hydrogen-bond donors (Lipinski definition) is 2. The third-order valence-electron chi connectivity index (χ3n) is 4.97. The van der Waals surface area contributed by atoms with Gasteiger partial charge in [-0.1, -0.05) is 29.5 Å². The first-order valence-corrected chi connectivity index (χ1v) is 10.5. The Labute approximate surface area is 169 Å². The van der Waals surface area contributed by atoms with Crippen LogP contribution in [-0.2, 0) is 12.8 Å². The largest absolute Gasteiger partial charge is 0.489 e. The van der Waals surface area contributed by atoms with Gasteiger partial charge in [-0.15, -0.1) is 10.2 Å². The molecule has 2 N–H and O–H groups in total. The number of rotatable bonds is 5. The summed E-state index contributed by atoms with van der Waals surface area (Å²) in [5.41, 5.74) is 5.62. The molecule has 2 aromatic carbocycles. The lowest BCUT2D eigenvalue weighted by molar-refractivity contribution is 0.158. The van der Waals surface area contributed by atoms with Crippen molar-refractivity contribution in [3.63, 3.8) is 0 Å². The first-order chi connectivity index (χ1) is 13.5. The van der Waals surface area contributed by atoms with E-state index in [9.17, 15) is 5.11 Å². The van der Waals surface area contributed by atoms with Gasteiger partial charge >= 0.3 is 0 Å². The standard InChI is InChI=1S/C22H25N3O2S/c1-13(2)27-20-10-7-15(12-19(20)23-3)21-24-25-22(28-21)18-6-4-5-14-11-16(26)8-9-17(14)18/h4-7,10,12-13,16,23,26H,8-9,11H2,1-3H3/t16-/m0/s1. The summed E-state index contributed by atoms with van der Waals surface area (Å²) in [6.45, 7) is 4.04. The lowest BCUT2D eigenvalue weighted by Crippen LogP contribution is -2.19. The van der Waals surface area contributed by atoms with Crippen molar-refractivity contribution in [3.8, 4) is 26.9 Å². The molecule has 1 aliphatic rings. The molecule has 1 heterocycles. The van der Waals surface area contributed by atoms with Crippen LogP contribution in [0.25, 0.3) is 21.1 Å². The zero-order chi connectivity index (χ0) is 19.7. The predicted molar refractivity (Wildman–Crippen MR) is 114 cm³/mol. The summed E-state index contributed by atoms with van der Waals surface area (Å²) in [6.07, 6.45) is 2.29. The summed E-state index contributed by atoms with van der Waals surface area (Å²) < 4.78 is 5.86. The number of ether oxygens (including phenoxy) is 1. The van der Waals surface area contributed by atoms with Crippen LogP contribution in [0.1, 0.15) is 31.4 Å². The molecule has 0 saturated carbocycles. The summed E-state index contributed by atoms with van der Waals surface area (Å²) in [4.78, 5) is 0. The van der Waals surface area contributed by atoms with Gasteiger partial charge in [0.25, 0.3) is 0 Å². The first kappa shape index (κ1) is 18.9. The fourth-order valence-corrected chi connectivity index (χ4v) is 4.54. The first-order valence-electron chi connectivity index (χ1n) is 9.66. The number of benzene rings is 2. The Hall–Kier alpha value is -2.44. The minimum Gasteiger partial charge on any atom is -0.489 e. The molecular weight excluding hydrogens is 370 g/mol. The number of aromatic nitrogens is 2. The average Bonchev–Trinajstić information content (AvgIpc) is 3.17. The van der Waals surface area contributed by atoms with Crippen molar-refractivity contribution >= 4 is 17.0 Å². The number of aliphatic hydroxyl groups is 1. The van der Waals surface area contributed by atoms with Gasteiger partial charge in [0.1, 0.15) is 15.8 Å². The van der Waals surface area contributed by atoms with Gasteiger partial charge in [0, 0.05) is 18.2 Å². The molecule has 0 amide bonds. The summed E-state index contributed by atoms with van der Waals surface area (Å²) >= 11 is 1.60. The minimum absolute atomic E-state index is 0.119. The molecule has 0 spiro atoms. The zero-order valence-electron chi connectivity index (χ0n) is 16.4. The molecule has 0 fully saturated rings. The Morgan fingerprint density at radius 3 is 2.79 bits per heavy atom. The molecule has 1 atom stereocenters. The third-order valence-corrected chi connectivity index (χ3v) is 5.98. The normalized spacial score (nSPS) is 16.1. The second kappa shape index (κ2) is 7.89. The van der Waals surface area contributed by atoms with Gasteiger partial charge in [-0.05, 0) is 62.4 Å². The van der Waals surface area contributed by atoms with Crippen LogP contribution in [0.15, 0.2) is 36.4 Å². The lowest BCUT2D eigenvalue weighted by atomic mass is 9.87. The number of nitrogens with zero attached hydrogens (tertiary/aromatic N) is 2. The third kappa shape index (κ3) is 3.75. The fraction of sp³-hybridized carbons (Fsp3) is 0.364. The van der Waals surface area contributed by atoms with Crippen LogP contribution >= 0.6 is 11.3 Å². The Balaban J connectivity index is 1.67. The van der Waals surface area contributed by atoms with Crippen molar-refractivity contribution in [2.45, 2.75) is 45.3 Å². The van der Waals surface area contributed by atoms with E-state index in [1.54, 1.807) is 11.3 Å². The van der Waals surface area contributed by atoms with Gasteiger partial charge in [-0.25, -0.2) is 0 Å². The molecule has 4 rings (SSSR count). The van der Waals surface area contributed by atoms with Gasteiger partial charge in [0.05, 0.1) is 17.9 Å². The SMILES string of the molecule is CNc1cc(-c2nnc(-c3cccc4c3CC[C@H](O)C4)s2)ccc1OC(C)C. The van der Waals surface area contributed by atoms with E-state index in [0.717, 1.165) is 51.8 Å². The van der Waals surface area contributed by atoms with Crippen LogP contribution in [0.4, 0.5) is 5.69 Å². The molecule has 0 radical (unpaired) electrons. The molecule has 3 aromatic rings. The highest BCUT2D eigenvalue weighted by Gasteiger charge is 2.21. The topological polar surface area (TPSA) is 67.3 Å². The van der Waals surface area contributed by atoms with Crippen LogP contribution < -0.4 is 10.1 Å². The minimum atomic E-state index is -0.237. The summed E-state index contributed by atoms with van der Waals surface area (Å²) in [7, 11) is 1.89. The smallest absolute Gasteiger partial charge is 0.148 e. The van der Waals surface area contributed by atoms with Crippen molar-refractivity contribution < 1.29 is 9.84 Å². The number of hydrogen-bond acceptors (Lipinski definition) is 6. The number of fused-ring (bicyclic) bond motifs is 1. The van der Waals surface area contributed by atoms with Crippen LogP contribution in [0.2, 0.25) is 0 Å². The summed E-state index contributed by atoms with van der Waals surface area (Å²) in [5, 5.41) is 23.9. The average molecular weight is 396 g/mol. The monoisotopic (exact) mass is 395 g/mol. The Morgan fingerprint density at radius 1 is 1.18 bits per heavy atom. The van der Waals surface area contributed by atoms with Crippen molar-refractivity contribution in [2.75, 3.05) is 12.4 Å². The van der Waals surface area contributed by atoms with Crippen LogP contribution in [0.3, 0.4) is 0 Å². The highest BCUT2D eigenvalue weighted by Crippen LogP contribution is 2.37. The number of nitrogens with one attached hydrogen (secondary N) is 1. The van der Waals surface area contributed by atoms with E-state index in [2.05, 4.69) is 33.7 Å². The van der Waals surface area contributed by atoms with Gasteiger partial charge < -0.3 is 15.2 Å². The molecule has 28 heavy (non-hydrogen) atoms. The van der Waals surface area contributed by atoms with Crippen molar-refractivity contribution in [3.05, 3.63) is 47.5 Å². The molecule has 0 aliphatic heterocycles. The van der Waals surface area contributed by atoms with Gasteiger partial charge in [-0.3, -0.25) is 0 Å². The van der Waals surface area contributed by atoms with E-state index in [4.69, 9.17) is 4.74 Å². The van der Waals surface area contributed by atoms with Crippen LogP contribution in [0, 0.1) is 0 Å². The van der Waals surface area contributed by atoms with E-state index in [-0.39, 0.29) is 12.2 Å². The molecule has 6 heteroatoms. The highest BCUT2D eigenvalue weighted by atomic mass is 32.1. The van der Waals surface area contributed by atoms with Gasteiger partial charge in [-0.2, -0.15) is 0 Å². The molecule has 0 unspecified atom stereocenters. The Kier molecular flexibility index (Phi) is 5.33. The quantitative estimate of drug-likeness (QED) is 0.663. The van der Waals surface area contributed by atoms with Crippen molar-refractivity contribution in [1.29, 1.82) is 0 Å². The van der Waals surface area contributed by atoms with Crippen LogP contribution in [0.5, 0.6) is 5.75 Å². The summed E-state index contributed by atoms with van der Waals surface area (Å²) in [5.74, 6) is 0.835. The number of anilines is 1. The lowest BCUT2D eigenvalue weighted by Gasteiger charge is -2.22. The Morgan fingerprint density at radius 2 is 2.00 bits per heavy atom. The fourth-order valence-electron chi connectivity index (χ4n) is 3.65. The Bertz CT molecular complexity index is 984. The molecular formula is C22H25N3O2S. The van der Waals surface area contributed by atoms with Crippen LogP contribution in [-0.4, -0.2) is 34.6 Å². The van der Waals surface area contributed by atoms with Gasteiger partial charge in [0.2, 0.25) is 0 Å². The maximum atomic E-state index is 9.95. The molecule has 1 aromatic heterocycles. The van der Waals surface area contributed by atoms with E-state index in [1.165, 1.54) is 11.1 Å². The van der Waals surface area contributed by atoms with E-state index >= 15 is 0 Å². The second-order valence-corrected chi connectivity index (χ2v) is 8.36. The number of aliphatic hydroxyl groups excluding tert-OH is 1. The molecule has 146 valence electrons. The molecule has 0 bridgehead atoms. The second-order valence-electron chi connectivity index (χ2n) is 7.38. The maximum absolute atomic E-state index is 9.95. The maximum Gasteiger partial charge on any atom is 0.148 e. The summed E-state index contributed by atoms with van der Waals surface area (Å²) in [6, 6.07) is 12.3. The van der Waals surface area contributed by atoms with E-state index < -0.39 is 0 Å². The van der Waals surface area contributed by atoms with Crippen molar-refractivity contribution in [2.24, 2.45) is 0 Å². The molecule has 0 saturated heterocycles. The van der Waals surface area contributed by atoms with Crippen molar-refractivity contribution in [1.82, 2.24) is 10.2 Å². The van der Waals surface area contributed by atoms with E-state index in [0.29, 0.717) is 0 Å². The highest BCUT2D eigenvalue weighted by molar-refractivity contribution is 7.17. The molecule has 5 nitrogen and oxygen atoms in total. The molecule has 1 aliphatic carbocycles. The predicted octanol–water partition coefficient (Wildman–Crippen LogP) is 4.55. The van der Waals surface area contributed by atoms with E-state index in [1.807, 2.05) is 39.1 Å². The zero-order valence-corrected chi connectivity index (χ0v) is 17.2.